The van der Waals surface area contributed by atoms with Crippen molar-refractivity contribution in [3.63, 3.8) is 0 Å². The number of aliphatic hydroxyl groups excluding tert-OH is 1. The van der Waals surface area contributed by atoms with E-state index in [0.29, 0.717) is 10.8 Å². The van der Waals surface area contributed by atoms with Crippen molar-refractivity contribution in [3.8, 4) is 10.8 Å². The van der Waals surface area contributed by atoms with Crippen LogP contribution in [0.1, 0.15) is 11.9 Å². The predicted molar refractivity (Wildman–Crippen MR) is 47.2 cm³/mol. The van der Waals surface area contributed by atoms with Gasteiger partial charge in [0.2, 0.25) is 0 Å². The van der Waals surface area contributed by atoms with Gasteiger partial charge in [-0.15, -0.1) is 5.10 Å². The quantitative estimate of drug-likeness (QED) is 0.712. The summed E-state index contributed by atoms with van der Waals surface area (Å²) in [7, 11) is 0. The molecule has 1 atom stereocenters. The van der Waals surface area contributed by atoms with E-state index >= 15 is 0 Å². The summed E-state index contributed by atoms with van der Waals surface area (Å²) in [5.74, 6) is 0.592. The first-order valence-corrected chi connectivity index (χ1v) is 4.56. The van der Waals surface area contributed by atoms with Gasteiger partial charge in [-0.1, -0.05) is 9.64 Å². The minimum absolute atomic E-state index is 0.222. The second-order valence-corrected chi connectivity index (χ2v) is 3.31. The molecule has 14 heavy (non-hydrogen) atoms. The summed E-state index contributed by atoms with van der Waals surface area (Å²) in [5, 5.41) is 16.0. The molecule has 2 rings (SSSR count). The Hall–Kier alpha value is -1.38. The van der Waals surface area contributed by atoms with Crippen molar-refractivity contribution in [2.45, 2.75) is 6.04 Å². The smallest absolute Gasteiger partial charge is 0.271 e. The van der Waals surface area contributed by atoms with Crippen LogP contribution in [-0.2, 0) is 0 Å². The maximum absolute atomic E-state index is 8.76. The van der Waals surface area contributed by atoms with Crippen LogP contribution in [0.2, 0.25) is 0 Å². The molecule has 0 fully saturated rings. The molecule has 0 spiro atoms. The minimum atomic E-state index is -0.617. The third-order valence-electron chi connectivity index (χ3n) is 1.54. The van der Waals surface area contributed by atoms with Gasteiger partial charge in [0.1, 0.15) is 4.88 Å². The Morgan fingerprint density at radius 1 is 1.64 bits per heavy atom. The fraction of sp³-hybridized carbons (Fsp3) is 0.333. The highest BCUT2D eigenvalue weighted by molar-refractivity contribution is 7.09. The van der Waals surface area contributed by atoms with Crippen LogP contribution >= 0.6 is 11.5 Å². The van der Waals surface area contributed by atoms with Gasteiger partial charge in [-0.25, -0.2) is 0 Å². The monoisotopic (exact) mass is 213 g/mol. The van der Waals surface area contributed by atoms with Crippen molar-refractivity contribution in [2.24, 2.45) is 5.73 Å². The molecule has 0 radical (unpaired) electrons. The zero-order chi connectivity index (χ0) is 9.97. The van der Waals surface area contributed by atoms with Gasteiger partial charge in [-0.2, -0.15) is 4.98 Å². The summed E-state index contributed by atoms with van der Waals surface area (Å²) < 4.78 is 8.57. The van der Waals surface area contributed by atoms with Gasteiger partial charge in [0.05, 0.1) is 18.8 Å². The van der Waals surface area contributed by atoms with Crippen LogP contribution in [-0.4, -0.2) is 31.4 Å². The highest BCUT2D eigenvalue weighted by Crippen LogP contribution is 2.20. The molecule has 0 saturated heterocycles. The first-order chi connectivity index (χ1) is 6.81. The molecule has 0 aliphatic rings. The van der Waals surface area contributed by atoms with Gasteiger partial charge in [-0.05, 0) is 11.5 Å². The molecule has 2 aromatic rings. The van der Waals surface area contributed by atoms with E-state index in [4.69, 9.17) is 15.4 Å². The number of rotatable bonds is 3. The summed E-state index contributed by atoms with van der Waals surface area (Å²) in [6.45, 7) is -0.222. The van der Waals surface area contributed by atoms with Crippen molar-refractivity contribution in [1.29, 1.82) is 0 Å². The van der Waals surface area contributed by atoms with Crippen LogP contribution in [0.15, 0.2) is 10.7 Å². The molecule has 0 bridgehead atoms. The molecule has 0 aliphatic heterocycles. The molecule has 3 N–H and O–H groups in total. The summed E-state index contributed by atoms with van der Waals surface area (Å²) in [5.41, 5.74) is 5.50. The van der Waals surface area contributed by atoms with E-state index in [-0.39, 0.29) is 12.4 Å². The Morgan fingerprint density at radius 3 is 3.14 bits per heavy atom. The Bertz CT molecular complexity index is 400. The average Bonchev–Trinajstić information content (AvgIpc) is 2.86. The summed E-state index contributed by atoms with van der Waals surface area (Å²) in [6, 6.07) is -0.617. The lowest BCUT2D eigenvalue weighted by molar-refractivity contribution is 0.260. The minimum Gasteiger partial charge on any atom is -0.394 e. The molecule has 0 amide bonds. The molecule has 74 valence electrons. The summed E-state index contributed by atoms with van der Waals surface area (Å²) in [6.07, 6.45) is 1.52. The van der Waals surface area contributed by atoms with Gasteiger partial charge in [0.25, 0.3) is 5.89 Å². The maximum Gasteiger partial charge on any atom is 0.271 e. The second-order valence-electron chi connectivity index (χ2n) is 2.53. The van der Waals surface area contributed by atoms with Crippen LogP contribution in [0.3, 0.4) is 0 Å². The van der Waals surface area contributed by atoms with Crippen LogP contribution < -0.4 is 5.73 Å². The first-order valence-electron chi connectivity index (χ1n) is 3.79. The normalized spacial score (nSPS) is 13.0. The van der Waals surface area contributed by atoms with E-state index in [9.17, 15) is 0 Å². The second kappa shape index (κ2) is 3.78. The fourth-order valence-corrected chi connectivity index (χ4v) is 1.27. The number of nitrogens with two attached hydrogens (primary N) is 1. The van der Waals surface area contributed by atoms with E-state index in [1.807, 2.05) is 0 Å². The molecular formula is C6H7N5O2S. The SMILES string of the molecule is NC(CO)c1noc(-c2cnns2)n1. The van der Waals surface area contributed by atoms with Crippen LogP contribution in [0.5, 0.6) is 0 Å². The lowest BCUT2D eigenvalue weighted by Gasteiger charge is -1.98. The molecular weight excluding hydrogens is 206 g/mol. The fourth-order valence-electron chi connectivity index (χ4n) is 0.829. The molecule has 7 nitrogen and oxygen atoms in total. The molecule has 1 unspecified atom stereocenters. The van der Waals surface area contributed by atoms with Gasteiger partial charge in [0.15, 0.2) is 5.82 Å². The van der Waals surface area contributed by atoms with E-state index in [1.165, 1.54) is 6.20 Å². The highest BCUT2D eigenvalue weighted by atomic mass is 32.1. The highest BCUT2D eigenvalue weighted by Gasteiger charge is 2.15. The zero-order valence-electron chi connectivity index (χ0n) is 6.99. The third kappa shape index (κ3) is 1.62. The number of aliphatic hydroxyl groups is 1. The van der Waals surface area contributed by atoms with E-state index in [0.717, 1.165) is 11.5 Å². The first kappa shape index (κ1) is 9.19. The summed E-state index contributed by atoms with van der Waals surface area (Å²) in [4.78, 5) is 4.67. The van der Waals surface area contributed by atoms with E-state index in [1.54, 1.807) is 0 Å². The average molecular weight is 213 g/mol. The predicted octanol–water partition coefficient (Wildman–Crippen LogP) is -0.420. The number of nitrogens with zero attached hydrogens (tertiary/aromatic N) is 4. The summed E-state index contributed by atoms with van der Waals surface area (Å²) >= 11 is 1.15. The lowest BCUT2D eigenvalue weighted by Crippen LogP contribution is -2.15. The zero-order valence-corrected chi connectivity index (χ0v) is 7.81. The largest absolute Gasteiger partial charge is 0.394 e. The van der Waals surface area contributed by atoms with Crippen molar-refractivity contribution < 1.29 is 9.63 Å². The van der Waals surface area contributed by atoms with E-state index in [2.05, 4.69) is 19.7 Å². The van der Waals surface area contributed by atoms with Crippen LogP contribution in [0, 0.1) is 0 Å². The molecule has 0 saturated carbocycles. The maximum atomic E-state index is 8.76. The number of hydrogen-bond acceptors (Lipinski definition) is 8. The Balaban J connectivity index is 2.26. The molecule has 2 heterocycles. The third-order valence-corrected chi connectivity index (χ3v) is 2.19. The molecule has 2 aromatic heterocycles. The van der Waals surface area contributed by atoms with Crippen molar-refractivity contribution in [1.82, 2.24) is 19.7 Å². The Morgan fingerprint density at radius 2 is 2.50 bits per heavy atom. The molecule has 8 heteroatoms. The Kier molecular flexibility index (Phi) is 2.48. The van der Waals surface area contributed by atoms with Crippen LogP contribution in [0.4, 0.5) is 0 Å². The molecule has 0 aliphatic carbocycles. The van der Waals surface area contributed by atoms with Crippen molar-refractivity contribution >= 4 is 11.5 Å². The number of hydrogen-bond donors (Lipinski definition) is 2. The van der Waals surface area contributed by atoms with E-state index < -0.39 is 6.04 Å². The number of aromatic nitrogens is 4. The van der Waals surface area contributed by atoms with Crippen LogP contribution in [0.25, 0.3) is 10.8 Å². The van der Waals surface area contributed by atoms with Gasteiger partial charge in [0, 0.05) is 0 Å². The Labute approximate surface area is 82.7 Å². The van der Waals surface area contributed by atoms with Gasteiger partial charge < -0.3 is 15.4 Å². The van der Waals surface area contributed by atoms with Gasteiger partial charge in [-0.3, -0.25) is 0 Å². The van der Waals surface area contributed by atoms with Gasteiger partial charge >= 0.3 is 0 Å². The lowest BCUT2D eigenvalue weighted by atomic mass is 10.3. The standard InChI is InChI=1S/C6H7N5O2S/c7-3(2-12)5-9-6(13-10-5)4-1-8-11-14-4/h1,3,12H,2,7H2. The topological polar surface area (TPSA) is 111 Å². The molecule has 0 aromatic carbocycles. The van der Waals surface area contributed by atoms with Crippen molar-refractivity contribution in [2.75, 3.05) is 6.61 Å². The van der Waals surface area contributed by atoms with Crippen molar-refractivity contribution in [3.05, 3.63) is 12.0 Å².